The number of benzene rings is 3. The summed E-state index contributed by atoms with van der Waals surface area (Å²) in [4.78, 5) is 12.8. The molecule has 0 saturated carbocycles. The van der Waals surface area contributed by atoms with Gasteiger partial charge in [-0.15, -0.1) is 0 Å². The van der Waals surface area contributed by atoms with Crippen LogP contribution in [-0.4, -0.2) is 22.2 Å². The van der Waals surface area contributed by atoms with E-state index >= 15 is 0 Å². The molecular weight excluding hydrogens is 564 g/mol. The van der Waals surface area contributed by atoms with Crippen molar-refractivity contribution in [2.75, 3.05) is 0 Å². The molecule has 0 aliphatic carbocycles. The normalized spacial score (nSPS) is 12.6. The van der Waals surface area contributed by atoms with Crippen LogP contribution in [0.2, 0.25) is 5.25 Å². The number of rotatable bonds is 11. The molecule has 0 bridgehead atoms. The Morgan fingerprint density at radius 1 is 0.818 bits per heavy atom. The topological polar surface area (TPSA) is 64.6 Å². The second kappa shape index (κ2) is 12.2. The van der Waals surface area contributed by atoms with Gasteiger partial charge in [-0.3, -0.25) is 0 Å². The first-order chi connectivity index (χ1) is 15.7. The summed E-state index contributed by atoms with van der Waals surface area (Å²) in [5, 5.41) is 3.01. The summed E-state index contributed by atoms with van der Waals surface area (Å²) >= 11 is 0. The van der Waals surface area contributed by atoms with Gasteiger partial charge in [0, 0.05) is 0 Å². The van der Waals surface area contributed by atoms with E-state index in [1.54, 1.807) is 48.5 Å². The Bertz CT molecular complexity index is 1020. The average molecular weight is 587 g/mol. The second-order valence-electron chi connectivity index (χ2n) is 7.24. The van der Waals surface area contributed by atoms with Crippen LogP contribution in [0.3, 0.4) is 0 Å². The summed E-state index contributed by atoms with van der Waals surface area (Å²) in [5.41, 5.74) is 0.857. The maximum absolute atomic E-state index is 14.3. The van der Waals surface area contributed by atoms with Crippen molar-refractivity contribution in [1.29, 1.82) is 0 Å². The molecule has 3 rings (SSSR count). The van der Waals surface area contributed by atoms with Crippen LogP contribution >= 0.6 is 37.6 Å². The first-order valence-corrected chi connectivity index (χ1v) is 21.6. The van der Waals surface area contributed by atoms with Gasteiger partial charge < -0.3 is 0 Å². The summed E-state index contributed by atoms with van der Waals surface area (Å²) in [5.74, 6) is -0.641. The molecule has 0 aliphatic heterocycles. The van der Waals surface area contributed by atoms with Crippen LogP contribution in [0.15, 0.2) is 91.0 Å². The van der Waals surface area contributed by atoms with E-state index in [4.69, 9.17) is 39.1 Å². The maximum atomic E-state index is 14.3. The number of carbonyl (C=O) groups is 1. The molecule has 1 N–H and O–H groups in total. The molecule has 1 amide bonds. The summed E-state index contributed by atoms with van der Waals surface area (Å²) in [6.45, 7) is 0. The standard InChI is InChI=1S/C23H23Cl3GeNO4P/c24-27(25,26)17-16-22(29)28-23(18-19-10-4-1-5-11-19)33(30,31-20-12-6-2-7-13-20)32-21-14-8-3-9-15-21/h1-15,23H,16-18H2,(H,28,29). The van der Waals surface area contributed by atoms with Crippen molar-refractivity contribution in [3.63, 3.8) is 0 Å². The molecule has 0 radical (unpaired) electrons. The molecule has 5 nitrogen and oxygen atoms in total. The van der Waals surface area contributed by atoms with Crippen LogP contribution in [0.25, 0.3) is 0 Å². The van der Waals surface area contributed by atoms with Crippen LogP contribution in [0.4, 0.5) is 0 Å². The van der Waals surface area contributed by atoms with Gasteiger partial charge in [0.25, 0.3) is 0 Å². The minimum absolute atomic E-state index is 0.0124. The molecule has 0 heterocycles. The van der Waals surface area contributed by atoms with Gasteiger partial charge in [-0.1, -0.05) is 0 Å². The Balaban J connectivity index is 1.93. The SMILES string of the molecule is O=C(C[CH2][Ge]([Cl])([Cl])[Cl])NC(Cc1ccccc1)P(=O)(Oc1ccccc1)Oc1ccccc1. The van der Waals surface area contributed by atoms with E-state index in [9.17, 15) is 9.36 Å². The minimum atomic E-state index is -3.97. The van der Waals surface area contributed by atoms with Gasteiger partial charge in [-0.25, -0.2) is 0 Å². The molecule has 3 aromatic rings. The molecule has 10 heteroatoms. The number of hydrogen-bond donors (Lipinski definition) is 1. The van der Waals surface area contributed by atoms with E-state index in [2.05, 4.69) is 5.32 Å². The summed E-state index contributed by atoms with van der Waals surface area (Å²) in [6.07, 6.45) is 0.233. The van der Waals surface area contributed by atoms with Crippen molar-refractivity contribution in [2.45, 2.75) is 23.9 Å². The van der Waals surface area contributed by atoms with Gasteiger partial charge in [-0.2, -0.15) is 0 Å². The monoisotopic (exact) mass is 587 g/mol. The van der Waals surface area contributed by atoms with Crippen LogP contribution in [-0.2, 0) is 15.8 Å². The molecule has 1 unspecified atom stereocenters. The van der Waals surface area contributed by atoms with Crippen molar-refractivity contribution in [1.82, 2.24) is 5.32 Å². The van der Waals surface area contributed by atoms with Crippen LogP contribution in [0.1, 0.15) is 12.0 Å². The average Bonchev–Trinajstić information content (AvgIpc) is 2.79. The van der Waals surface area contributed by atoms with Gasteiger partial charge in [0.1, 0.15) is 0 Å². The first-order valence-electron chi connectivity index (χ1n) is 10.2. The van der Waals surface area contributed by atoms with Crippen molar-refractivity contribution in [3.05, 3.63) is 96.6 Å². The van der Waals surface area contributed by atoms with Crippen molar-refractivity contribution >= 4 is 54.0 Å². The van der Waals surface area contributed by atoms with Gasteiger partial charge in [0.05, 0.1) is 0 Å². The van der Waals surface area contributed by atoms with Crippen LogP contribution < -0.4 is 14.4 Å². The van der Waals surface area contributed by atoms with Crippen molar-refractivity contribution in [2.24, 2.45) is 0 Å². The van der Waals surface area contributed by atoms with E-state index in [-0.39, 0.29) is 24.0 Å². The predicted molar refractivity (Wildman–Crippen MR) is 137 cm³/mol. The van der Waals surface area contributed by atoms with Crippen molar-refractivity contribution < 1.29 is 18.4 Å². The third kappa shape index (κ3) is 8.91. The van der Waals surface area contributed by atoms with Crippen LogP contribution in [0, 0.1) is 0 Å². The number of nitrogens with one attached hydrogen (secondary N) is 1. The fourth-order valence-corrected chi connectivity index (χ4v) is 7.40. The fourth-order valence-electron chi connectivity index (χ4n) is 2.99. The van der Waals surface area contributed by atoms with Crippen molar-refractivity contribution in [3.8, 4) is 11.5 Å². The molecule has 1 atom stereocenters. The number of halogens is 3. The molecule has 0 saturated heterocycles. The Labute approximate surface area is 208 Å². The van der Waals surface area contributed by atoms with Gasteiger partial charge >= 0.3 is 210 Å². The van der Waals surface area contributed by atoms with E-state index in [0.717, 1.165) is 5.56 Å². The second-order valence-corrected chi connectivity index (χ2v) is 26.0. The van der Waals surface area contributed by atoms with E-state index in [1.807, 2.05) is 42.5 Å². The van der Waals surface area contributed by atoms with E-state index in [0.29, 0.717) is 11.5 Å². The predicted octanol–water partition coefficient (Wildman–Crippen LogP) is 7.07. The molecule has 0 spiro atoms. The van der Waals surface area contributed by atoms with Gasteiger partial charge in [0.2, 0.25) is 0 Å². The Kier molecular flexibility index (Phi) is 9.60. The first kappa shape index (κ1) is 26.0. The number of carbonyl (C=O) groups excluding carboxylic acids is 1. The number of amides is 1. The Hall–Kier alpha value is -1.63. The summed E-state index contributed by atoms with van der Waals surface area (Å²) in [7, 11) is 10.5. The molecule has 33 heavy (non-hydrogen) atoms. The molecule has 3 aromatic carbocycles. The molecular formula is C23H23Cl3GeNO4P. The summed E-state index contributed by atoms with van der Waals surface area (Å²) in [6, 6.07) is 26.8. The third-order valence-electron chi connectivity index (χ3n) is 4.57. The fraction of sp³-hybridized carbons (Fsp3) is 0.174. The molecule has 0 aromatic heterocycles. The van der Waals surface area contributed by atoms with E-state index in [1.165, 1.54) is 0 Å². The third-order valence-corrected chi connectivity index (χ3v) is 11.2. The molecule has 0 fully saturated rings. The molecule has 174 valence electrons. The number of hydrogen-bond acceptors (Lipinski definition) is 4. The van der Waals surface area contributed by atoms with Gasteiger partial charge in [0.15, 0.2) is 0 Å². The zero-order chi connectivity index (χ0) is 23.7. The Morgan fingerprint density at radius 3 is 1.73 bits per heavy atom. The molecule has 0 aliphatic rings. The Morgan fingerprint density at radius 2 is 1.27 bits per heavy atom. The quantitative estimate of drug-likeness (QED) is 0.193. The zero-order valence-electron chi connectivity index (χ0n) is 17.6. The summed E-state index contributed by atoms with van der Waals surface area (Å²) < 4.78 is 26.1. The number of para-hydroxylation sites is 2. The van der Waals surface area contributed by atoms with Gasteiger partial charge in [-0.05, 0) is 0 Å². The van der Waals surface area contributed by atoms with E-state index < -0.39 is 23.9 Å². The zero-order valence-corrected chi connectivity index (χ0v) is 22.8. The van der Waals surface area contributed by atoms with Crippen LogP contribution in [0.5, 0.6) is 11.5 Å².